The van der Waals surface area contributed by atoms with Gasteiger partial charge in [-0.3, -0.25) is 0 Å². The number of aryl methyl sites for hydroxylation is 2. The number of aliphatic hydroxyl groups excluding tert-OH is 1. The number of hydrogen-bond donors (Lipinski definition) is 1. The number of thioether (sulfide) groups is 1. The van der Waals surface area contributed by atoms with Gasteiger partial charge in [-0.1, -0.05) is 24.3 Å². The summed E-state index contributed by atoms with van der Waals surface area (Å²) in [7, 11) is 1.65. The average Bonchev–Trinajstić information content (AvgIpc) is 2.46. The average molecular weight is 288 g/mol. The van der Waals surface area contributed by atoms with Crippen molar-refractivity contribution in [2.45, 2.75) is 24.8 Å². The van der Waals surface area contributed by atoms with Gasteiger partial charge in [0.15, 0.2) is 0 Å². The minimum atomic E-state index is -0.467. The van der Waals surface area contributed by atoms with Gasteiger partial charge in [-0.15, -0.1) is 11.8 Å². The second-order valence-electron chi connectivity index (χ2n) is 4.81. The highest BCUT2D eigenvalue weighted by molar-refractivity contribution is 7.99. The van der Waals surface area contributed by atoms with Crippen LogP contribution in [0.1, 0.15) is 22.8 Å². The van der Waals surface area contributed by atoms with Crippen LogP contribution < -0.4 is 4.74 Å². The highest BCUT2D eigenvalue weighted by Gasteiger charge is 2.12. The van der Waals surface area contributed by atoms with Crippen molar-refractivity contribution in [3.05, 3.63) is 59.2 Å². The van der Waals surface area contributed by atoms with Gasteiger partial charge in [0.1, 0.15) is 5.75 Å². The van der Waals surface area contributed by atoms with Gasteiger partial charge in [-0.05, 0) is 48.7 Å². The lowest BCUT2D eigenvalue weighted by molar-refractivity contribution is 0.203. The Kier molecular flexibility index (Phi) is 5.10. The number of hydrogen-bond acceptors (Lipinski definition) is 3. The SMILES string of the molecule is COc1ccc(C(O)CSc2ccccc2C)c(C)c1. The lowest BCUT2D eigenvalue weighted by Gasteiger charge is -2.15. The van der Waals surface area contributed by atoms with E-state index in [2.05, 4.69) is 19.1 Å². The van der Waals surface area contributed by atoms with E-state index < -0.39 is 6.10 Å². The molecular formula is C17H20O2S. The fraction of sp³-hybridized carbons (Fsp3) is 0.294. The summed E-state index contributed by atoms with van der Waals surface area (Å²) in [6, 6.07) is 14.0. The molecule has 3 heteroatoms. The molecule has 1 N–H and O–H groups in total. The summed E-state index contributed by atoms with van der Waals surface area (Å²) in [4.78, 5) is 1.22. The number of benzene rings is 2. The smallest absolute Gasteiger partial charge is 0.119 e. The number of rotatable bonds is 5. The van der Waals surface area contributed by atoms with E-state index >= 15 is 0 Å². The van der Waals surface area contributed by atoms with Gasteiger partial charge in [0.25, 0.3) is 0 Å². The maximum atomic E-state index is 10.4. The molecule has 0 aliphatic heterocycles. The minimum Gasteiger partial charge on any atom is -0.497 e. The van der Waals surface area contributed by atoms with E-state index in [9.17, 15) is 5.11 Å². The summed E-state index contributed by atoms with van der Waals surface area (Å²) in [5.74, 6) is 1.47. The molecule has 0 bridgehead atoms. The Morgan fingerprint density at radius 2 is 1.85 bits per heavy atom. The van der Waals surface area contributed by atoms with E-state index in [0.717, 1.165) is 16.9 Å². The summed E-state index contributed by atoms with van der Waals surface area (Å²) >= 11 is 1.69. The molecule has 0 aliphatic rings. The van der Waals surface area contributed by atoms with E-state index in [-0.39, 0.29) is 0 Å². The molecule has 1 atom stereocenters. The van der Waals surface area contributed by atoms with Crippen LogP contribution in [0.25, 0.3) is 0 Å². The van der Waals surface area contributed by atoms with Crippen molar-refractivity contribution >= 4 is 11.8 Å². The number of aliphatic hydroxyl groups is 1. The molecule has 0 fully saturated rings. The van der Waals surface area contributed by atoms with Crippen LogP contribution in [0.2, 0.25) is 0 Å². The Bertz CT molecular complexity index is 581. The van der Waals surface area contributed by atoms with Crippen LogP contribution in [0, 0.1) is 13.8 Å². The Hall–Kier alpha value is -1.45. The first kappa shape index (κ1) is 14.9. The summed E-state index contributed by atoms with van der Waals surface area (Å²) < 4.78 is 5.19. The molecule has 106 valence electrons. The van der Waals surface area contributed by atoms with Crippen LogP contribution in [0.3, 0.4) is 0 Å². The van der Waals surface area contributed by atoms with Crippen molar-refractivity contribution in [3.63, 3.8) is 0 Å². The van der Waals surface area contributed by atoms with Crippen LogP contribution in [0.15, 0.2) is 47.4 Å². The molecular weight excluding hydrogens is 268 g/mol. The van der Waals surface area contributed by atoms with Gasteiger partial charge in [0.05, 0.1) is 13.2 Å². The van der Waals surface area contributed by atoms with E-state index in [4.69, 9.17) is 4.74 Å². The molecule has 0 radical (unpaired) electrons. The molecule has 2 aromatic carbocycles. The van der Waals surface area contributed by atoms with Crippen LogP contribution in [0.4, 0.5) is 0 Å². The molecule has 0 spiro atoms. The number of ether oxygens (including phenoxy) is 1. The van der Waals surface area contributed by atoms with E-state index in [1.165, 1.54) is 10.5 Å². The van der Waals surface area contributed by atoms with Crippen molar-refractivity contribution < 1.29 is 9.84 Å². The Morgan fingerprint density at radius 1 is 1.10 bits per heavy atom. The third-order valence-electron chi connectivity index (χ3n) is 3.33. The molecule has 0 heterocycles. The predicted molar refractivity (Wildman–Crippen MR) is 84.6 cm³/mol. The summed E-state index contributed by atoms with van der Waals surface area (Å²) in [5.41, 5.74) is 3.27. The van der Waals surface area contributed by atoms with Crippen molar-refractivity contribution in [3.8, 4) is 5.75 Å². The highest BCUT2D eigenvalue weighted by atomic mass is 32.2. The first-order valence-electron chi connectivity index (χ1n) is 6.63. The van der Waals surface area contributed by atoms with Crippen molar-refractivity contribution in [2.24, 2.45) is 0 Å². The Balaban J connectivity index is 2.05. The normalized spacial score (nSPS) is 12.2. The second kappa shape index (κ2) is 6.82. The van der Waals surface area contributed by atoms with Crippen LogP contribution in [-0.2, 0) is 0 Å². The van der Waals surface area contributed by atoms with Crippen LogP contribution >= 0.6 is 11.8 Å². The second-order valence-corrected chi connectivity index (χ2v) is 5.88. The van der Waals surface area contributed by atoms with Crippen LogP contribution in [-0.4, -0.2) is 18.0 Å². The lowest BCUT2D eigenvalue weighted by Crippen LogP contribution is -2.03. The third kappa shape index (κ3) is 3.56. The third-order valence-corrected chi connectivity index (χ3v) is 4.58. The van der Waals surface area contributed by atoms with Crippen LogP contribution in [0.5, 0.6) is 5.75 Å². The van der Waals surface area contributed by atoms with Gasteiger partial charge in [-0.2, -0.15) is 0 Å². The monoisotopic (exact) mass is 288 g/mol. The molecule has 0 amide bonds. The fourth-order valence-electron chi connectivity index (χ4n) is 2.13. The Labute approximate surface area is 124 Å². The van der Waals surface area contributed by atoms with Crippen molar-refractivity contribution in [2.75, 3.05) is 12.9 Å². The molecule has 0 aromatic heterocycles. The first-order chi connectivity index (χ1) is 9.61. The largest absolute Gasteiger partial charge is 0.497 e. The van der Waals surface area contributed by atoms with Gasteiger partial charge in [0, 0.05) is 10.6 Å². The molecule has 2 nitrogen and oxygen atoms in total. The van der Waals surface area contributed by atoms with E-state index in [1.54, 1.807) is 18.9 Å². The quantitative estimate of drug-likeness (QED) is 0.839. The van der Waals surface area contributed by atoms with E-state index in [1.807, 2.05) is 37.3 Å². The summed E-state index contributed by atoms with van der Waals surface area (Å²) in [6.45, 7) is 4.09. The van der Waals surface area contributed by atoms with E-state index in [0.29, 0.717) is 5.75 Å². The van der Waals surface area contributed by atoms with Gasteiger partial charge < -0.3 is 9.84 Å². The topological polar surface area (TPSA) is 29.5 Å². The number of methoxy groups -OCH3 is 1. The molecule has 0 saturated carbocycles. The van der Waals surface area contributed by atoms with Crippen molar-refractivity contribution in [1.29, 1.82) is 0 Å². The molecule has 1 unspecified atom stereocenters. The zero-order chi connectivity index (χ0) is 14.5. The molecule has 0 saturated heterocycles. The molecule has 2 aromatic rings. The maximum Gasteiger partial charge on any atom is 0.119 e. The highest BCUT2D eigenvalue weighted by Crippen LogP contribution is 2.29. The fourth-order valence-corrected chi connectivity index (χ4v) is 3.11. The summed E-state index contributed by atoms with van der Waals surface area (Å²) in [6.07, 6.45) is -0.467. The summed E-state index contributed by atoms with van der Waals surface area (Å²) in [5, 5.41) is 10.4. The Morgan fingerprint density at radius 3 is 2.50 bits per heavy atom. The molecule has 20 heavy (non-hydrogen) atoms. The zero-order valence-corrected chi connectivity index (χ0v) is 12.9. The first-order valence-corrected chi connectivity index (χ1v) is 7.61. The lowest BCUT2D eigenvalue weighted by atomic mass is 10.0. The zero-order valence-electron chi connectivity index (χ0n) is 12.1. The molecule has 2 rings (SSSR count). The minimum absolute atomic E-state index is 0.467. The molecule has 0 aliphatic carbocycles. The van der Waals surface area contributed by atoms with Gasteiger partial charge in [-0.25, -0.2) is 0 Å². The predicted octanol–water partition coefficient (Wildman–Crippen LogP) is 4.14. The van der Waals surface area contributed by atoms with Crippen molar-refractivity contribution in [1.82, 2.24) is 0 Å². The van der Waals surface area contributed by atoms with Gasteiger partial charge in [0.2, 0.25) is 0 Å². The maximum absolute atomic E-state index is 10.4. The van der Waals surface area contributed by atoms with Gasteiger partial charge >= 0.3 is 0 Å². The standard InChI is InChI=1S/C17H20O2S/c1-12-6-4-5-7-17(12)20-11-16(18)15-9-8-14(19-3)10-13(15)2/h4-10,16,18H,11H2,1-3H3.